The van der Waals surface area contributed by atoms with Gasteiger partial charge in [-0.05, 0) is 42.5 Å². The molecule has 0 saturated carbocycles. The highest BCUT2D eigenvalue weighted by atomic mass is 35.5. The van der Waals surface area contributed by atoms with Gasteiger partial charge < -0.3 is 5.32 Å². The number of nitrogens with zero attached hydrogens (tertiary/aromatic N) is 2. The molecule has 0 aliphatic carbocycles. The maximum atomic E-state index is 5.78. The largest absolute Gasteiger partial charge is 0.365 e. The molecular formula is C11H12ClN3S. The van der Waals surface area contributed by atoms with E-state index < -0.39 is 0 Å². The molecule has 3 nitrogen and oxygen atoms in total. The number of rotatable bonds is 3. The quantitative estimate of drug-likeness (QED) is 0.852. The zero-order valence-corrected chi connectivity index (χ0v) is 10.7. The summed E-state index contributed by atoms with van der Waals surface area (Å²) in [6.07, 6.45) is 0. The van der Waals surface area contributed by atoms with Gasteiger partial charge in [-0.15, -0.1) is 11.3 Å². The van der Waals surface area contributed by atoms with E-state index in [0.717, 1.165) is 18.1 Å². The molecule has 0 fully saturated rings. The summed E-state index contributed by atoms with van der Waals surface area (Å²) in [6, 6.07) is 3.99. The first-order valence-electron chi connectivity index (χ1n) is 4.93. The predicted molar refractivity (Wildman–Crippen MR) is 68.2 cm³/mol. The standard InChI is InChI=1S/C11H12ClN3S/c1-7-3-4-16-9(7)6-13-10-5-8(2)14-11(12)15-10/h3-5H,6H2,1-2H3,(H,13,14,15). The second-order valence-corrected chi connectivity index (χ2v) is 4.88. The van der Waals surface area contributed by atoms with E-state index in [1.165, 1.54) is 10.4 Å². The van der Waals surface area contributed by atoms with Crippen molar-refractivity contribution < 1.29 is 0 Å². The Labute approximate surface area is 104 Å². The molecule has 2 aromatic rings. The van der Waals surface area contributed by atoms with E-state index in [9.17, 15) is 0 Å². The molecule has 2 heterocycles. The van der Waals surface area contributed by atoms with Crippen molar-refractivity contribution in [2.75, 3.05) is 5.32 Å². The van der Waals surface area contributed by atoms with Crippen LogP contribution in [0.2, 0.25) is 5.28 Å². The van der Waals surface area contributed by atoms with Crippen LogP contribution in [0, 0.1) is 13.8 Å². The molecule has 84 valence electrons. The number of anilines is 1. The Kier molecular flexibility index (Phi) is 3.41. The highest BCUT2D eigenvalue weighted by molar-refractivity contribution is 7.10. The summed E-state index contributed by atoms with van der Waals surface area (Å²) >= 11 is 7.52. The van der Waals surface area contributed by atoms with Gasteiger partial charge in [0.2, 0.25) is 5.28 Å². The fourth-order valence-electron chi connectivity index (χ4n) is 1.38. The SMILES string of the molecule is Cc1cc(NCc2sccc2C)nc(Cl)n1. The predicted octanol–water partition coefficient (Wildman–Crippen LogP) is 3.42. The molecule has 0 saturated heterocycles. The Morgan fingerprint density at radius 1 is 1.38 bits per heavy atom. The fraction of sp³-hybridized carbons (Fsp3) is 0.273. The minimum absolute atomic E-state index is 0.283. The Bertz CT molecular complexity index is 475. The summed E-state index contributed by atoms with van der Waals surface area (Å²) in [6.45, 7) is 4.77. The lowest BCUT2D eigenvalue weighted by atomic mass is 10.3. The van der Waals surface area contributed by atoms with Gasteiger partial charge >= 0.3 is 0 Å². The van der Waals surface area contributed by atoms with E-state index in [0.29, 0.717) is 0 Å². The van der Waals surface area contributed by atoms with Crippen molar-refractivity contribution in [1.82, 2.24) is 9.97 Å². The molecule has 2 aromatic heterocycles. The minimum atomic E-state index is 0.283. The van der Waals surface area contributed by atoms with Gasteiger partial charge in [-0.1, -0.05) is 0 Å². The van der Waals surface area contributed by atoms with Gasteiger partial charge in [-0.2, -0.15) is 0 Å². The topological polar surface area (TPSA) is 37.8 Å². The highest BCUT2D eigenvalue weighted by Crippen LogP contribution is 2.17. The van der Waals surface area contributed by atoms with Gasteiger partial charge in [-0.3, -0.25) is 0 Å². The molecule has 0 amide bonds. The van der Waals surface area contributed by atoms with Gasteiger partial charge in [0.25, 0.3) is 0 Å². The lowest BCUT2D eigenvalue weighted by Crippen LogP contribution is -2.02. The van der Waals surface area contributed by atoms with Crippen LogP contribution in [-0.2, 0) is 6.54 Å². The van der Waals surface area contributed by atoms with Crippen molar-refractivity contribution in [1.29, 1.82) is 0 Å². The summed E-state index contributed by atoms with van der Waals surface area (Å²) in [4.78, 5) is 9.44. The zero-order chi connectivity index (χ0) is 11.5. The monoisotopic (exact) mass is 253 g/mol. The van der Waals surface area contributed by atoms with Gasteiger partial charge in [-0.25, -0.2) is 9.97 Å². The highest BCUT2D eigenvalue weighted by Gasteiger charge is 2.02. The number of halogens is 1. The van der Waals surface area contributed by atoms with Crippen LogP contribution in [0.1, 0.15) is 16.1 Å². The van der Waals surface area contributed by atoms with Crippen LogP contribution >= 0.6 is 22.9 Å². The first kappa shape index (κ1) is 11.4. The van der Waals surface area contributed by atoms with Gasteiger partial charge in [0.1, 0.15) is 5.82 Å². The molecule has 1 N–H and O–H groups in total. The van der Waals surface area contributed by atoms with Gasteiger partial charge in [0.15, 0.2) is 0 Å². The van der Waals surface area contributed by atoms with Crippen molar-refractivity contribution in [2.24, 2.45) is 0 Å². The van der Waals surface area contributed by atoms with E-state index in [1.54, 1.807) is 11.3 Å². The number of hydrogen-bond donors (Lipinski definition) is 1. The fourth-order valence-corrected chi connectivity index (χ4v) is 2.45. The third-order valence-corrected chi connectivity index (χ3v) is 3.42. The molecule has 0 aliphatic rings. The van der Waals surface area contributed by atoms with E-state index in [2.05, 4.69) is 33.7 Å². The van der Waals surface area contributed by atoms with Gasteiger partial charge in [0, 0.05) is 16.6 Å². The van der Waals surface area contributed by atoms with E-state index in [-0.39, 0.29) is 5.28 Å². The summed E-state index contributed by atoms with van der Waals surface area (Å²) in [5.41, 5.74) is 2.17. The van der Waals surface area contributed by atoms with Crippen LogP contribution in [0.25, 0.3) is 0 Å². The molecule has 2 rings (SSSR count). The third-order valence-electron chi connectivity index (χ3n) is 2.23. The van der Waals surface area contributed by atoms with Gasteiger partial charge in [0.05, 0.1) is 6.54 Å². The first-order valence-corrected chi connectivity index (χ1v) is 6.19. The second kappa shape index (κ2) is 4.80. The number of aromatic nitrogens is 2. The van der Waals surface area contributed by atoms with Crippen LogP contribution in [0.4, 0.5) is 5.82 Å². The summed E-state index contributed by atoms with van der Waals surface area (Å²) in [5, 5.41) is 5.62. The van der Waals surface area contributed by atoms with Crippen molar-refractivity contribution >= 4 is 28.8 Å². The number of aryl methyl sites for hydroxylation is 2. The molecule has 0 aromatic carbocycles. The number of hydrogen-bond acceptors (Lipinski definition) is 4. The maximum absolute atomic E-state index is 5.78. The maximum Gasteiger partial charge on any atom is 0.224 e. The van der Waals surface area contributed by atoms with Crippen molar-refractivity contribution in [3.8, 4) is 0 Å². The van der Waals surface area contributed by atoms with Crippen LogP contribution in [0.5, 0.6) is 0 Å². The van der Waals surface area contributed by atoms with Crippen LogP contribution < -0.4 is 5.32 Å². The minimum Gasteiger partial charge on any atom is -0.365 e. The molecule has 0 aliphatic heterocycles. The molecule has 0 spiro atoms. The summed E-state index contributed by atoms with van der Waals surface area (Å²) < 4.78 is 0. The average molecular weight is 254 g/mol. The molecule has 0 atom stereocenters. The Morgan fingerprint density at radius 2 is 2.19 bits per heavy atom. The lowest BCUT2D eigenvalue weighted by Gasteiger charge is -2.05. The molecule has 0 bridgehead atoms. The zero-order valence-electron chi connectivity index (χ0n) is 9.12. The Morgan fingerprint density at radius 3 is 2.81 bits per heavy atom. The van der Waals surface area contributed by atoms with Crippen LogP contribution in [-0.4, -0.2) is 9.97 Å². The smallest absolute Gasteiger partial charge is 0.224 e. The van der Waals surface area contributed by atoms with E-state index in [4.69, 9.17) is 11.6 Å². The normalized spacial score (nSPS) is 10.4. The molecule has 5 heteroatoms. The first-order chi connectivity index (χ1) is 7.65. The second-order valence-electron chi connectivity index (χ2n) is 3.54. The van der Waals surface area contributed by atoms with E-state index >= 15 is 0 Å². The van der Waals surface area contributed by atoms with E-state index in [1.807, 2.05) is 13.0 Å². The lowest BCUT2D eigenvalue weighted by molar-refractivity contribution is 1.06. The Hall–Kier alpha value is -1.13. The van der Waals surface area contributed by atoms with Crippen LogP contribution in [0.3, 0.4) is 0 Å². The van der Waals surface area contributed by atoms with Crippen LogP contribution in [0.15, 0.2) is 17.5 Å². The van der Waals surface area contributed by atoms with Crippen molar-refractivity contribution in [3.63, 3.8) is 0 Å². The molecular weight excluding hydrogens is 242 g/mol. The molecule has 0 radical (unpaired) electrons. The van der Waals surface area contributed by atoms with Crippen molar-refractivity contribution in [2.45, 2.75) is 20.4 Å². The van der Waals surface area contributed by atoms with Crippen molar-refractivity contribution in [3.05, 3.63) is 38.9 Å². The molecule has 0 unspecified atom stereocenters. The summed E-state index contributed by atoms with van der Waals surface area (Å²) in [5.74, 6) is 0.769. The molecule has 16 heavy (non-hydrogen) atoms. The Balaban J connectivity index is 2.07. The number of thiophene rings is 1. The summed E-state index contributed by atoms with van der Waals surface area (Å²) in [7, 11) is 0. The number of nitrogens with one attached hydrogen (secondary N) is 1. The third kappa shape index (κ3) is 2.71. The average Bonchev–Trinajstić information content (AvgIpc) is 2.59.